The largest absolute Gasteiger partial charge is 0.361 e. The van der Waals surface area contributed by atoms with Gasteiger partial charge in [0.15, 0.2) is 0 Å². The predicted octanol–water partition coefficient (Wildman–Crippen LogP) is 2.42. The van der Waals surface area contributed by atoms with Gasteiger partial charge >= 0.3 is 0 Å². The fraction of sp³-hybridized carbons (Fsp3) is 0.308. The number of aromatic nitrogens is 2. The van der Waals surface area contributed by atoms with Crippen LogP contribution in [0.15, 0.2) is 22.0 Å². The number of hydrogen-bond donors (Lipinski definition) is 0. The molecule has 5 nitrogen and oxygen atoms in total. The molecule has 100 valence electrons. The van der Waals surface area contributed by atoms with Gasteiger partial charge in [0.2, 0.25) is 5.91 Å². The Bertz CT molecular complexity index is 601. The Labute approximate surface area is 115 Å². The van der Waals surface area contributed by atoms with Crippen LogP contribution >= 0.6 is 11.3 Å². The second kappa shape index (κ2) is 5.79. The summed E-state index contributed by atoms with van der Waals surface area (Å²) in [6, 6.07) is 1.82. The number of nitrogens with zero attached hydrogens (tertiary/aromatic N) is 3. The van der Waals surface area contributed by atoms with Crippen molar-refractivity contribution in [3.05, 3.63) is 39.7 Å². The number of aryl methyl sites for hydroxylation is 2. The molecule has 0 aromatic carbocycles. The van der Waals surface area contributed by atoms with Crippen LogP contribution in [-0.4, -0.2) is 28.0 Å². The Morgan fingerprint density at radius 2 is 2.32 bits per heavy atom. The van der Waals surface area contributed by atoms with E-state index < -0.39 is 0 Å². The Kier molecular flexibility index (Phi) is 4.11. The molecule has 2 aromatic heterocycles. The molecule has 0 radical (unpaired) electrons. The zero-order chi connectivity index (χ0) is 13.8. The average molecular weight is 277 g/mol. The Hall–Kier alpha value is -1.95. The minimum atomic E-state index is -0.0914. The topological polar surface area (TPSA) is 59.2 Å². The van der Waals surface area contributed by atoms with Crippen molar-refractivity contribution >= 4 is 23.3 Å². The Balaban J connectivity index is 1.94. The molecule has 0 unspecified atom stereocenters. The maximum Gasteiger partial charge on any atom is 0.246 e. The first kappa shape index (κ1) is 13.5. The van der Waals surface area contributed by atoms with Gasteiger partial charge in [-0.25, -0.2) is 4.98 Å². The van der Waals surface area contributed by atoms with E-state index in [4.69, 9.17) is 4.52 Å². The van der Waals surface area contributed by atoms with E-state index >= 15 is 0 Å². The van der Waals surface area contributed by atoms with Crippen LogP contribution in [0.2, 0.25) is 0 Å². The van der Waals surface area contributed by atoms with E-state index in [0.717, 1.165) is 22.2 Å². The fourth-order valence-corrected chi connectivity index (χ4v) is 2.13. The highest BCUT2D eigenvalue weighted by Gasteiger charge is 2.09. The molecule has 0 N–H and O–H groups in total. The monoisotopic (exact) mass is 277 g/mol. The molecule has 19 heavy (non-hydrogen) atoms. The summed E-state index contributed by atoms with van der Waals surface area (Å²) in [5.74, 6) is 0.649. The lowest BCUT2D eigenvalue weighted by molar-refractivity contribution is -0.125. The van der Waals surface area contributed by atoms with E-state index in [1.807, 2.05) is 25.3 Å². The van der Waals surface area contributed by atoms with Crippen molar-refractivity contribution in [3.8, 4) is 0 Å². The lowest BCUT2D eigenvalue weighted by Crippen LogP contribution is -2.24. The van der Waals surface area contributed by atoms with Gasteiger partial charge in [-0.3, -0.25) is 4.79 Å². The summed E-state index contributed by atoms with van der Waals surface area (Å²) < 4.78 is 4.96. The maximum absolute atomic E-state index is 11.9. The van der Waals surface area contributed by atoms with Crippen molar-refractivity contribution in [2.45, 2.75) is 20.4 Å². The van der Waals surface area contributed by atoms with Gasteiger partial charge in [-0.05, 0) is 19.9 Å². The first-order chi connectivity index (χ1) is 9.04. The summed E-state index contributed by atoms with van der Waals surface area (Å²) in [6.07, 6.45) is 3.23. The standard InChI is InChI=1S/C13H15N3O2S/c1-9-6-12(15-18-9)7-16(3)13(17)5-4-11-8-19-10(2)14-11/h4-6,8H,7H2,1-3H3/b5-4+. The molecule has 0 saturated carbocycles. The van der Waals surface area contributed by atoms with Crippen molar-refractivity contribution in [1.82, 2.24) is 15.0 Å². The molecule has 0 atom stereocenters. The fourth-order valence-electron chi connectivity index (χ4n) is 1.55. The number of hydrogen-bond acceptors (Lipinski definition) is 5. The van der Waals surface area contributed by atoms with Crippen molar-refractivity contribution in [1.29, 1.82) is 0 Å². The predicted molar refractivity (Wildman–Crippen MR) is 73.6 cm³/mol. The van der Waals surface area contributed by atoms with E-state index in [1.54, 1.807) is 29.4 Å². The lowest BCUT2D eigenvalue weighted by atomic mass is 10.3. The van der Waals surface area contributed by atoms with Crippen LogP contribution in [0.25, 0.3) is 6.08 Å². The second-order valence-corrected chi connectivity index (χ2v) is 5.31. The van der Waals surface area contributed by atoms with Gasteiger partial charge in [0.05, 0.1) is 17.2 Å². The van der Waals surface area contributed by atoms with Crippen LogP contribution < -0.4 is 0 Å². The minimum Gasteiger partial charge on any atom is -0.361 e. The quantitative estimate of drug-likeness (QED) is 0.805. The molecule has 1 amide bonds. The summed E-state index contributed by atoms with van der Waals surface area (Å²) in [6.45, 7) is 4.18. The minimum absolute atomic E-state index is 0.0914. The van der Waals surface area contributed by atoms with E-state index in [2.05, 4.69) is 10.1 Å². The summed E-state index contributed by atoms with van der Waals surface area (Å²) in [7, 11) is 1.73. The van der Waals surface area contributed by atoms with E-state index in [-0.39, 0.29) is 5.91 Å². The summed E-state index contributed by atoms with van der Waals surface area (Å²) in [5.41, 5.74) is 1.55. The van der Waals surface area contributed by atoms with Crippen molar-refractivity contribution < 1.29 is 9.32 Å². The van der Waals surface area contributed by atoms with E-state index in [9.17, 15) is 4.79 Å². The molecule has 0 bridgehead atoms. The molecule has 6 heteroatoms. The summed E-state index contributed by atoms with van der Waals surface area (Å²) in [5, 5.41) is 6.76. The Morgan fingerprint density at radius 1 is 1.53 bits per heavy atom. The molecular weight excluding hydrogens is 262 g/mol. The number of rotatable bonds is 4. The number of thiazole rings is 1. The molecule has 0 aliphatic rings. The van der Waals surface area contributed by atoms with Crippen LogP contribution in [0.4, 0.5) is 0 Å². The van der Waals surface area contributed by atoms with E-state index in [0.29, 0.717) is 6.54 Å². The highest BCUT2D eigenvalue weighted by atomic mass is 32.1. The maximum atomic E-state index is 11.9. The zero-order valence-electron chi connectivity index (χ0n) is 11.1. The molecule has 0 spiro atoms. The lowest BCUT2D eigenvalue weighted by Gasteiger charge is -2.12. The van der Waals surface area contributed by atoms with E-state index in [1.165, 1.54) is 6.08 Å². The van der Waals surface area contributed by atoms with Gasteiger partial charge in [-0.15, -0.1) is 11.3 Å². The molecule has 0 aliphatic heterocycles. The molecule has 2 aromatic rings. The SMILES string of the molecule is Cc1cc(CN(C)C(=O)/C=C/c2csc(C)n2)no1. The first-order valence-electron chi connectivity index (χ1n) is 5.82. The zero-order valence-corrected chi connectivity index (χ0v) is 11.9. The van der Waals surface area contributed by atoms with Gasteiger partial charge in [0.1, 0.15) is 11.5 Å². The number of carbonyl (C=O) groups is 1. The molecule has 0 fully saturated rings. The smallest absolute Gasteiger partial charge is 0.246 e. The van der Waals surface area contributed by atoms with Crippen LogP contribution in [0.1, 0.15) is 22.2 Å². The highest BCUT2D eigenvalue weighted by molar-refractivity contribution is 7.09. The number of likely N-dealkylation sites (N-methyl/N-ethyl adjacent to an activating group) is 1. The first-order valence-corrected chi connectivity index (χ1v) is 6.70. The average Bonchev–Trinajstić information content (AvgIpc) is 2.95. The van der Waals surface area contributed by atoms with Crippen molar-refractivity contribution in [2.75, 3.05) is 7.05 Å². The molecular formula is C13H15N3O2S. The van der Waals surface area contributed by atoms with Crippen LogP contribution in [-0.2, 0) is 11.3 Å². The van der Waals surface area contributed by atoms with Gasteiger partial charge in [-0.2, -0.15) is 0 Å². The second-order valence-electron chi connectivity index (χ2n) is 4.25. The third-order valence-electron chi connectivity index (χ3n) is 2.49. The molecule has 0 aliphatic carbocycles. The summed E-state index contributed by atoms with van der Waals surface area (Å²) in [4.78, 5) is 17.7. The normalized spacial score (nSPS) is 11.1. The van der Waals surface area contributed by atoms with Gasteiger partial charge < -0.3 is 9.42 Å². The summed E-state index contributed by atoms with van der Waals surface area (Å²) >= 11 is 1.56. The Morgan fingerprint density at radius 3 is 2.89 bits per heavy atom. The van der Waals surface area contributed by atoms with Gasteiger partial charge in [0.25, 0.3) is 0 Å². The van der Waals surface area contributed by atoms with Crippen LogP contribution in [0, 0.1) is 13.8 Å². The molecule has 2 heterocycles. The molecule has 0 saturated heterocycles. The number of carbonyl (C=O) groups excluding carboxylic acids is 1. The van der Waals surface area contributed by atoms with Gasteiger partial charge in [-0.1, -0.05) is 5.16 Å². The van der Waals surface area contributed by atoms with Crippen LogP contribution in [0.5, 0.6) is 0 Å². The number of amides is 1. The molecule has 2 rings (SSSR count). The van der Waals surface area contributed by atoms with Crippen LogP contribution in [0.3, 0.4) is 0 Å². The highest BCUT2D eigenvalue weighted by Crippen LogP contribution is 2.10. The third kappa shape index (κ3) is 3.75. The van der Waals surface area contributed by atoms with Crippen molar-refractivity contribution in [3.63, 3.8) is 0 Å². The third-order valence-corrected chi connectivity index (χ3v) is 3.28. The van der Waals surface area contributed by atoms with Gasteiger partial charge in [0, 0.05) is 24.6 Å². The van der Waals surface area contributed by atoms with Crippen molar-refractivity contribution in [2.24, 2.45) is 0 Å².